The van der Waals surface area contributed by atoms with Crippen molar-refractivity contribution in [3.8, 4) is 5.69 Å². The van der Waals surface area contributed by atoms with Crippen molar-refractivity contribution in [1.29, 1.82) is 0 Å². The Balaban J connectivity index is 0.00000288. The molecule has 1 aromatic heterocycles. The Morgan fingerprint density at radius 1 is 1.21 bits per heavy atom. The number of unbranched alkanes of at least 4 members (excludes halogenated alkanes) is 3. The first kappa shape index (κ1) is 20.1. The van der Waals surface area contributed by atoms with Gasteiger partial charge in [-0.05, 0) is 50.6 Å². The molecule has 0 saturated heterocycles. The summed E-state index contributed by atoms with van der Waals surface area (Å²) in [5, 5.41) is 7.23. The SMILES string of the molecule is Cc1cc(NC(=O)CCCCCCN)n(-c2ccc(F)cc2)n1.Cl. The molecule has 0 unspecified atom stereocenters. The summed E-state index contributed by atoms with van der Waals surface area (Å²) in [5.41, 5.74) is 6.93. The van der Waals surface area contributed by atoms with Crippen LogP contribution in [0.1, 0.15) is 37.8 Å². The van der Waals surface area contributed by atoms with Crippen LogP contribution in [0.25, 0.3) is 5.69 Å². The van der Waals surface area contributed by atoms with Crippen molar-refractivity contribution < 1.29 is 9.18 Å². The zero-order valence-corrected chi connectivity index (χ0v) is 14.6. The van der Waals surface area contributed by atoms with Crippen molar-refractivity contribution in [2.75, 3.05) is 11.9 Å². The van der Waals surface area contributed by atoms with Crippen molar-refractivity contribution in [3.63, 3.8) is 0 Å². The van der Waals surface area contributed by atoms with Crippen LogP contribution in [0.15, 0.2) is 30.3 Å². The van der Waals surface area contributed by atoms with Gasteiger partial charge in [0.05, 0.1) is 11.4 Å². The minimum atomic E-state index is -0.305. The Morgan fingerprint density at radius 2 is 1.88 bits per heavy atom. The average molecular weight is 355 g/mol. The third kappa shape index (κ3) is 5.94. The normalized spacial score (nSPS) is 10.3. The van der Waals surface area contributed by atoms with Crippen LogP contribution < -0.4 is 11.1 Å². The lowest BCUT2D eigenvalue weighted by molar-refractivity contribution is -0.116. The van der Waals surface area contributed by atoms with Gasteiger partial charge in [-0.2, -0.15) is 5.10 Å². The number of hydrogen-bond acceptors (Lipinski definition) is 3. The monoisotopic (exact) mass is 354 g/mol. The van der Waals surface area contributed by atoms with Crippen LogP contribution in [0.3, 0.4) is 0 Å². The molecule has 1 heterocycles. The molecule has 132 valence electrons. The second-order valence-electron chi connectivity index (χ2n) is 5.56. The Hall–Kier alpha value is -1.92. The highest BCUT2D eigenvalue weighted by Crippen LogP contribution is 2.18. The van der Waals surface area contributed by atoms with Gasteiger partial charge in [0.1, 0.15) is 11.6 Å². The third-order valence-electron chi connectivity index (χ3n) is 3.53. The molecule has 5 nitrogen and oxygen atoms in total. The summed E-state index contributed by atoms with van der Waals surface area (Å²) in [7, 11) is 0. The van der Waals surface area contributed by atoms with Crippen molar-refractivity contribution in [2.24, 2.45) is 5.73 Å². The van der Waals surface area contributed by atoms with E-state index in [0.717, 1.165) is 31.4 Å². The van der Waals surface area contributed by atoms with Crippen LogP contribution in [-0.4, -0.2) is 22.2 Å². The summed E-state index contributed by atoms with van der Waals surface area (Å²) >= 11 is 0. The van der Waals surface area contributed by atoms with E-state index in [1.807, 2.05) is 6.92 Å². The van der Waals surface area contributed by atoms with Gasteiger partial charge in [-0.3, -0.25) is 4.79 Å². The Kier molecular flexibility index (Phi) is 8.43. The molecule has 1 amide bonds. The number of hydrogen-bond donors (Lipinski definition) is 2. The second kappa shape index (κ2) is 10.1. The van der Waals surface area contributed by atoms with Gasteiger partial charge in [-0.25, -0.2) is 9.07 Å². The number of nitrogens with two attached hydrogens (primary N) is 1. The molecule has 7 heteroatoms. The molecule has 1 aromatic carbocycles. The van der Waals surface area contributed by atoms with E-state index in [4.69, 9.17) is 5.73 Å². The predicted molar refractivity (Wildman–Crippen MR) is 96.3 cm³/mol. The predicted octanol–water partition coefficient (Wildman–Crippen LogP) is 3.59. The van der Waals surface area contributed by atoms with E-state index in [1.54, 1.807) is 22.9 Å². The standard InChI is InChI=1S/C17H23FN4O.ClH/c1-13-12-16(20-17(23)6-4-2-3-5-11-19)22(21-13)15-9-7-14(18)8-10-15;/h7-10,12H,2-6,11,19H2,1H3,(H,20,23);1H. The van der Waals surface area contributed by atoms with E-state index in [2.05, 4.69) is 10.4 Å². The molecule has 3 N–H and O–H groups in total. The number of benzene rings is 1. The first-order chi connectivity index (χ1) is 11.1. The molecule has 0 spiro atoms. The number of nitrogens with one attached hydrogen (secondary N) is 1. The molecule has 2 aromatic rings. The van der Waals surface area contributed by atoms with Crippen LogP contribution in [0.2, 0.25) is 0 Å². The second-order valence-corrected chi connectivity index (χ2v) is 5.56. The molecule has 0 aliphatic heterocycles. The average Bonchev–Trinajstić information content (AvgIpc) is 2.88. The highest BCUT2D eigenvalue weighted by molar-refractivity contribution is 5.90. The Bertz CT molecular complexity index is 643. The van der Waals surface area contributed by atoms with Gasteiger partial charge in [0.2, 0.25) is 5.91 Å². The topological polar surface area (TPSA) is 72.9 Å². The van der Waals surface area contributed by atoms with Crippen LogP contribution in [-0.2, 0) is 4.79 Å². The van der Waals surface area contributed by atoms with Crippen molar-refractivity contribution in [3.05, 3.63) is 41.8 Å². The summed E-state index contributed by atoms with van der Waals surface area (Å²) in [4.78, 5) is 12.1. The maximum atomic E-state index is 13.0. The molecule has 0 bridgehead atoms. The van der Waals surface area contributed by atoms with Crippen LogP contribution in [0.4, 0.5) is 10.2 Å². The number of amides is 1. The first-order valence-electron chi connectivity index (χ1n) is 7.92. The van der Waals surface area contributed by atoms with Gasteiger partial charge in [0.15, 0.2) is 0 Å². The molecule has 2 rings (SSSR count). The van der Waals surface area contributed by atoms with E-state index < -0.39 is 0 Å². The van der Waals surface area contributed by atoms with E-state index in [9.17, 15) is 9.18 Å². The Morgan fingerprint density at radius 3 is 2.54 bits per heavy atom. The van der Waals surface area contributed by atoms with Crippen molar-refractivity contribution in [1.82, 2.24) is 9.78 Å². The Labute approximate surface area is 147 Å². The third-order valence-corrected chi connectivity index (χ3v) is 3.53. The fourth-order valence-electron chi connectivity index (χ4n) is 2.36. The molecular weight excluding hydrogens is 331 g/mol. The lowest BCUT2D eigenvalue weighted by atomic mass is 10.1. The lowest BCUT2D eigenvalue weighted by Gasteiger charge is -2.09. The van der Waals surface area contributed by atoms with Crippen molar-refractivity contribution >= 4 is 24.1 Å². The summed E-state index contributed by atoms with van der Waals surface area (Å²) in [6.45, 7) is 2.55. The maximum Gasteiger partial charge on any atom is 0.225 e. The van der Waals surface area contributed by atoms with Crippen LogP contribution >= 0.6 is 12.4 Å². The lowest BCUT2D eigenvalue weighted by Crippen LogP contribution is -2.14. The maximum absolute atomic E-state index is 13.0. The van der Waals surface area contributed by atoms with Gasteiger partial charge >= 0.3 is 0 Å². The van der Waals surface area contributed by atoms with E-state index in [1.165, 1.54) is 12.1 Å². The molecule has 0 fully saturated rings. The summed E-state index contributed by atoms with van der Waals surface area (Å²) in [5.74, 6) is 0.253. The highest BCUT2D eigenvalue weighted by Gasteiger charge is 2.11. The number of rotatable bonds is 8. The fraction of sp³-hybridized carbons (Fsp3) is 0.412. The number of aromatic nitrogens is 2. The van der Waals surface area contributed by atoms with E-state index in [-0.39, 0.29) is 24.1 Å². The molecule has 0 aliphatic rings. The first-order valence-corrected chi connectivity index (χ1v) is 7.92. The van der Waals surface area contributed by atoms with Crippen LogP contribution in [0, 0.1) is 12.7 Å². The minimum absolute atomic E-state index is 0. The summed E-state index contributed by atoms with van der Waals surface area (Å²) < 4.78 is 14.7. The quantitative estimate of drug-likeness (QED) is 0.711. The zero-order chi connectivity index (χ0) is 16.7. The minimum Gasteiger partial charge on any atom is -0.330 e. The molecule has 24 heavy (non-hydrogen) atoms. The number of carbonyl (C=O) groups is 1. The fourth-order valence-corrected chi connectivity index (χ4v) is 2.36. The smallest absolute Gasteiger partial charge is 0.225 e. The van der Waals surface area contributed by atoms with E-state index >= 15 is 0 Å². The molecular formula is C17H24ClFN4O. The van der Waals surface area contributed by atoms with Gasteiger partial charge < -0.3 is 11.1 Å². The summed E-state index contributed by atoms with van der Waals surface area (Å²) in [6, 6.07) is 7.80. The van der Waals surface area contributed by atoms with Gasteiger partial charge in [-0.15, -0.1) is 12.4 Å². The molecule has 0 saturated carbocycles. The largest absolute Gasteiger partial charge is 0.330 e. The number of aryl methyl sites for hydroxylation is 1. The number of anilines is 1. The molecule has 0 radical (unpaired) electrons. The number of carbonyl (C=O) groups excluding carboxylic acids is 1. The van der Waals surface area contributed by atoms with Gasteiger partial charge in [-0.1, -0.05) is 12.8 Å². The number of nitrogens with zero attached hydrogens (tertiary/aromatic N) is 2. The van der Waals surface area contributed by atoms with Crippen LogP contribution in [0.5, 0.6) is 0 Å². The van der Waals surface area contributed by atoms with Crippen molar-refractivity contribution in [2.45, 2.75) is 39.0 Å². The highest BCUT2D eigenvalue weighted by atomic mass is 35.5. The molecule has 0 aliphatic carbocycles. The molecule has 0 atom stereocenters. The summed E-state index contributed by atoms with van der Waals surface area (Å²) in [6.07, 6.45) is 4.36. The van der Waals surface area contributed by atoms with Gasteiger partial charge in [0.25, 0.3) is 0 Å². The van der Waals surface area contributed by atoms with Gasteiger partial charge in [0, 0.05) is 12.5 Å². The van der Waals surface area contributed by atoms with E-state index in [0.29, 0.717) is 24.5 Å². The zero-order valence-electron chi connectivity index (χ0n) is 13.8. The number of halogens is 2.